The zero-order valence-electron chi connectivity index (χ0n) is 16.6. The van der Waals surface area contributed by atoms with Crippen molar-refractivity contribution in [1.29, 1.82) is 0 Å². The number of para-hydroxylation sites is 1. The summed E-state index contributed by atoms with van der Waals surface area (Å²) >= 11 is 0. The van der Waals surface area contributed by atoms with E-state index in [1.807, 2.05) is 68.4 Å². The number of hydrogen-bond donors (Lipinski definition) is 1. The maximum absolute atomic E-state index is 12.9. The monoisotopic (exact) mass is 388 g/mol. The molecule has 3 aromatic rings. The van der Waals surface area contributed by atoms with Crippen molar-refractivity contribution in [1.82, 2.24) is 0 Å². The van der Waals surface area contributed by atoms with E-state index in [1.54, 1.807) is 29.2 Å². The molecule has 3 aromatic carbocycles. The zero-order chi connectivity index (χ0) is 20.6. The maximum Gasteiger partial charge on any atom is 0.262 e. The van der Waals surface area contributed by atoms with Gasteiger partial charge >= 0.3 is 0 Å². The second-order valence-corrected chi connectivity index (χ2v) is 6.62. The highest BCUT2D eigenvalue weighted by Crippen LogP contribution is 2.19. The van der Waals surface area contributed by atoms with Gasteiger partial charge in [-0.05, 0) is 61.9 Å². The normalized spacial score (nSPS) is 10.3. The Morgan fingerprint density at radius 1 is 0.931 bits per heavy atom. The van der Waals surface area contributed by atoms with Gasteiger partial charge in [-0.1, -0.05) is 36.4 Å². The SMILES string of the molecule is CCN(C(=O)c1cccc(NC(=O)COc2cccc(C)c2)c1)c1ccccc1. The summed E-state index contributed by atoms with van der Waals surface area (Å²) in [5.74, 6) is 0.239. The number of benzene rings is 3. The first-order valence-corrected chi connectivity index (χ1v) is 9.53. The van der Waals surface area contributed by atoms with E-state index in [2.05, 4.69) is 5.32 Å². The first kappa shape index (κ1) is 20.1. The van der Waals surface area contributed by atoms with Crippen molar-refractivity contribution in [2.45, 2.75) is 13.8 Å². The van der Waals surface area contributed by atoms with Crippen molar-refractivity contribution in [3.8, 4) is 5.75 Å². The molecule has 0 atom stereocenters. The highest BCUT2D eigenvalue weighted by molar-refractivity contribution is 6.07. The molecule has 1 N–H and O–H groups in total. The molecule has 0 spiro atoms. The predicted molar refractivity (Wildman–Crippen MR) is 116 cm³/mol. The minimum atomic E-state index is -0.286. The number of ether oxygens (including phenoxy) is 1. The first-order valence-electron chi connectivity index (χ1n) is 9.53. The lowest BCUT2D eigenvalue weighted by atomic mass is 10.1. The number of nitrogens with one attached hydrogen (secondary N) is 1. The van der Waals surface area contributed by atoms with E-state index in [1.165, 1.54) is 0 Å². The molecule has 0 saturated carbocycles. The third-order valence-corrected chi connectivity index (χ3v) is 4.38. The van der Waals surface area contributed by atoms with Gasteiger partial charge in [0.2, 0.25) is 0 Å². The van der Waals surface area contributed by atoms with Crippen LogP contribution >= 0.6 is 0 Å². The van der Waals surface area contributed by atoms with Gasteiger partial charge in [-0.2, -0.15) is 0 Å². The molecule has 0 aromatic heterocycles. The Morgan fingerprint density at radius 3 is 2.41 bits per heavy atom. The van der Waals surface area contributed by atoms with E-state index in [-0.39, 0.29) is 18.4 Å². The van der Waals surface area contributed by atoms with Gasteiger partial charge in [0.1, 0.15) is 5.75 Å². The van der Waals surface area contributed by atoms with Crippen LogP contribution < -0.4 is 15.0 Å². The number of amides is 2. The molecule has 0 heterocycles. The lowest BCUT2D eigenvalue weighted by Gasteiger charge is -2.21. The molecule has 29 heavy (non-hydrogen) atoms. The fraction of sp³-hybridized carbons (Fsp3) is 0.167. The molecule has 2 amide bonds. The summed E-state index contributed by atoms with van der Waals surface area (Å²) in [5, 5.41) is 2.78. The fourth-order valence-electron chi connectivity index (χ4n) is 2.99. The van der Waals surface area contributed by atoms with Crippen molar-refractivity contribution in [2.75, 3.05) is 23.4 Å². The Morgan fingerprint density at radius 2 is 1.69 bits per heavy atom. The zero-order valence-corrected chi connectivity index (χ0v) is 16.6. The molecule has 0 saturated heterocycles. The van der Waals surface area contributed by atoms with Crippen LogP contribution in [-0.2, 0) is 4.79 Å². The minimum absolute atomic E-state index is 0.104. The summed E-state index contributed by atoms with van der Waals surface area (Å²) in [6, 6.07) is 24.0. The molecular weight excluding hydrogens is 364 g/mol. The molecule has 0 radical (unpaired) electrons. The van der Waals surface area contributed by atoms with Gasteiger partial charge in [0.05, 0.1) is 0 Å². The van der Waals surface area contributed by atoms with Gasteiger partial charge in [-0.25, -0.2) is 0 Å². The Kier molecular flexibility index (Phi) is 6.63. The van der Waals surface area contributed by atoms with Crippen LogP contribution in [0.1, 0.15) is 22.8 Å². The molecule has 3 rings (SSSR count). The van der Waals surface area contributed by atoms with E-state index in [0.717, 1.165) is 11.3 Å². The summed E-state index contributed by atoms with van der Waals surface area (Å²) in [6.07, 6.45) is 0. The second-order valence-electron chi connectivity index (χ2n) is 6.62. The van der Waals surface area contributed by atoms with Crippen LogP contribution in [0.2, 0.25) is 0 Å². The molecule has 148 valence electrons. The summed E-state index contributed by atoms with van der Waals surface area (Å²) in [4.78, 5) is 26.9. The van der Waals surface area contributed by atoms with Crippen LogP contribution in [0.4, 0.5) is 11.4 Å². The number of aryl methyl sites for hydroxylation is 1. The molecule has 0 unspecified atom stereocenters. The number of nitrogens with zero attached hydrogens (tertiary/aromatic N) is 1. The average Bonchev–Trinajstić information content (AvgIpc) is 2.74. The first-order chi connectivity index (χ1) is 14.1. The van der Waals surface area contributed by atoms with E-state index in [0.29, 0.717) is 23.5 Å². The molecule has 0 aliphatic rings. The van der Waals surface area contributed by atoms with Crippen LogP contribution in [-0.4, -0.2) is 25.0 Å². The Labute approximate surface area is 170 Å². The Bertz CT molecular complexity index is 986. The number of hydrogen-bond acceptors (Lipinski definition) is 3. The average molecular weight is 388 g/mol. The van der Waals surface area contributed by atoms with E-state index in [9.17, 15) is 9.59 Å². The second kappa shape index (κ2) is 9.55. The molecule has 0 bridgehead atoms. The maximum atomic E-state index is 12.9. The highest BCUT2D eigenvalue weighted by atomic mass is 16.5. The summed E-state index contributed by atoms with van der Waals surface area (Å²) < 4.78 is 5.52. The fourth-order valence-corrected chi connectivity index (χ4v) is 2.99. The van der Waals surface area contributed by atoms with E-state index >= 15 is 0 Å². The van der Waals surface area contributed by atoms with Gasteiger partial charge in [-0.15, -0.1) is 0 Å². The minimum Gasteiger partial charge on any atom is -0.484 e. The lowest BCUT2D eigenvalue weighted by molar-refractivity contribution is -0.118. The third-order valence-electron chi connectivity index (χ3n) is 4.38. The molecule has 0 aliphatic heterocycles. The van der Waals surface area contributed by atoms with Gasteiger partial charge in [-0.3, -0.25) is 9.59 Å². The van der Waals surface area contributed by atoms with E-state index in [4.69, 9.17) is 4.74 Å². The highest BCUT2D eigenvalue weighted by Gasteiger charge is 2.16. The third kappa shape index (κ3) is 5.45. The van der Waals surface area contributed by atoms with Crippen LogP contribution in [0.25, 0.3) is 0 Å². The van der Waals surface area contributed by atoms with Crippen molar-refractivity contribution in [3.05, 3.63) is 90.0 Å². The van der Waals surface area contributed by atoms with Crippen LogP contribution in [0.5, 0.6) is 5.75 Å². The Hall–Kier alpha value is -3.60. The molecule has 5 heteroatoms. The molecule has 0 fully saturated rings. The largest absolute Gasteiger partial charge is 0.484 e. The van der Waals surface area contributed by atoms with E-state index < -0.39 is 0 Å². The molecule has 5 nitrogen and oxygen atoms in total. The van der Waals surface area contributed by atoms with Crippen molar-refractivity contribution in [3.63, 3.8) is 0 Å². The van der Waals surface area contributed by atoms with Crippen LogP contribution in [0.3, 0.4) is 0 Å². The van der Waals surface area contributed by atoms with Crippen LogP contribution in [0.15, 0.2) is 78.9 Å². The van der Waals surface area contributed by atoms with Gasteiger partial charge in [0, 0.05) is 23.5 Å². The number of carbonyl (C=O) groups excluding carboxylic acids is 2. The van der Waals surface area contributed by atoms with Crippen molar-refractivity contribution < 1.29 is 14.3 Å². The Balaban J connectivity index is 1.65. The summed E-state index contributed by atoms with van der Waals surface area (Å²) in [5.41, 5.74) is 2.96. The molecule has 0 aliphatic carbocycles. The number of rotatable bonds is 7. The van der Waals surface area contributed by atoms with Gasteiger partial charge in [0.15, 0.2) is 6.61 Å². The topological polar surface area (TPSA) is 58.6 Å². The summed E-state index contributed by atoms with van der Waals surface area (Å²) in [6.45, 7) is 4.33. The van der Waals surface area contributed by atoms with Crippen LogP contribution in [0, 0.1) is 6.92 Å². The lowest BCUT2D eigenvalue weighted by Crippen LogP contribution is -2.30. The number of carbonyl (C=O) groups is 2. The van der Waals surface area contributed by atoms with Gasteiger partial charge in [0.25, 0.3) is 11.8 Å². The van der Waals surface area contributed by atoms with Crippen molar-refractivity contribution >= 4 is 23.2 Å². The predicted octanol–water partition coefficient (Wildman–Crippen LogP) is 4.68. The number of anilines is 2. The summed E-state index contributed by atoms with van der Waals surface area (Å²) in [7, 11) is 0. The quantitative estimate of drug-likeness (QED) is 0.639. The standard InChI is InChI=1S/C24H24N2O3/c1-3-26(21-12-5-4-6-13-21)24(28)19-10-8-11-20(16-19)25-23(27)17-29-22-14-7-9-18(2)15-22/h4-16H,3,17H2,1-2H3,(H,25,27). The molecular formula is C24H24N2O3. The van der Waals surface area contributed by atoms with Crippen molar-refractivity contribution in [2.24, 2.45) is 0 Å². The smallest absolute Gasteiger partial charge is 0.262 e. The van der Waals surface area contributed by atoms with Gasteiger partial charge < -0.3 is 15.0 Å².